The summed E-state index contributed by atoms with van der Waals surface area (Å²) >= 11 is 1.10. The van der Waals surface area contributed by atoms with E-state index < -0.39 is 35.2 Å². The molecule has 0 aliphatic carbocycles. The van der Waals surface area contributed by atoms with Crippen molar-refractivity contribution < 1.29 is 27.4 Å². The Bertz CT molecular complexity index is 1250. The van der Waals surface area contributed by atoms with E-state index in [9.17, 15) is 18.0 Å². The van der Waals surface area contributed by atoms with Gasteiger partial charge in [-0.2, -0.15) is 0 Å². The first kappa shape index (κ1) is 20.7. The highest BCUT2D eigenvalue weighted by Crippen LogP contribution is 2.33. The molecule has 5 nitrogen and oxygen atoms in total. The van der Waals surface area contributed by atoms with Crippen LogP contribution >= 0.6 is 11.3 Å². The number of thiazole rings is 1. The van der Waals surface area contributed by atoms with Gasteiger partial charge in [0.1, 0.15) is 17.7 Å². The van der Waals surface area contributed by atoms with Crippen LogP contribution in [0.15, 0.2) is 60.7 Å². The van der Waals surface area contributed by atoms with Gasteiger partial charge in [-0.25, -0.2) is 22.9 Å². The van der Waals surface area contributed by atoms with E-state index in [1.807, 2.05) is 6.07 Å². The van der Waals surface area contributed by atoms with E-state index in [1.54, 1.807) is 42.5 Å². The zero-order valence-electron chi connectivity index (χ0n) is 16.1. The fraction of sp³-hybridized carbons (Fsp3) is 0.0909. The van der Waals surface area contributed by atoms with Gasteiger partial charge in [-0.1, -0.05) is 29.5 Å². The number of para-hydroxylation sites is 1. The molecule has 0 radical (unpaired) electrons. The number of hydrogen-bond donors (Lipinski definition) is 1. The molecule has 1 aromatic heterocycles. The topological polar surface area (TPSA) is 60.5 Å². The molecule has 0 saturated heterocycles. The summed E-state index contributed by atoms with van der Waals surface area (Å²) in [6.45, 7) is 1.42. The zero-order chi connectivity index (χ0) is 22.0. The number of amides is 1. The molecule has 0 spiro atoms. The molecule has 0 saturated carbocycles. The molecule has 1 heterocycles. The Labute approximate surface area is 179 Å². The lowest BCUT2D eigenvalue weighted by Crippen LogP contribution is -2.16. The molecule has 1 amide bonds. The van der Waals surface area contributed by atoms with E-state index in [0.717, 1.165) is 23.5 Å². The van der Waals surface area contributed by atoms with Crippen molar-refractivity contribution in [1.82, 2.24) is 4.98 Å². The third kappa shape index (κ3) is 4.61. The molecule has 1 N–H and O–H groups in total. The maximum absolute atomic E-state index is 14.0. The summed E-state index contributed by atoms with van der Waals surface area (Å²) in [7, 11) is 0. The van der Waals surface area contributed by atoms with Gasteiger partial charge in [0.05, 0.1) is 15.8 Å². The smallest absolute Gasteiger partial charge is 0.419 e. The van der Waals surface area contributed by atoms with Gasteiger partial charge in [0, 0.05) is 5.69 Å². The summed E-state index contributed by atoms with van der Waals surface area (Å²) < 4.78 is 52.9. The molecule has 0 bridgehead atoms. The second-order valence-corrected chi connectivity index (χ2v) is 7.50. The number of anilines is 1. The van der Waals surface area contributed by atoms with Crippen LogP contribution in [0.3, 0.4) is 0 Å². The van der Waals surface area contributed by atoms with Crippen molar-refractivity contribution in [2.75, 3.05) is 5.32 Å². The molecule has 3 aromatic carbocycles. The van der Waals surface area contributed by atoms with Gasteiger partial charge in [0.15, 0.2) is 11.6 Å². The molecule has 0 fully saturated rings. The minimum absolute atomic E-state index is 0.121. The molecule has 4 rings (SSSR count). The standard InChI is InChI=1S/C22H15F3N2O3S/c1-12(19-15(23)8-9-16(24)20(19)25)29-14-7-10-17-18(11-14)31-22(27-17)30-21(28)26-13-5-3-2-4-6-13/h2-12H,1H3,(H,26,28). The van der Waals surface area contributed by atoms with Crippen LogP contribution in [0.1, 0.15) is 18.6 Å². The van der Waals surface area contributed by atoms with Crippen molar-refractivity contribution in [1.29, 1.82) is 0 Å². The highest BCUT2D eigenvalue weighted by atomic mass is 32.1. The number of ether oxygens (including phenoxy) is 2. The number of carbonyl (C=O) groups excluding carboxylic acids is 1. The molecule has 31 heavy (non-hydrogen) atoms. The van der Waals surface area contributed by atoms with Gasteiger partial charge in [-0.3, -0.25) is 5.32 Å². The molecule has 0 aliphatic rings. The first-order valence-electron chi connectivity index (χ1n) is 9.15. The second-order valence-electron chi connectivity index (χ2n) is 6.51. The van der Waals surface area contributed by atoms with Gasteiger partial charge in [-0.05, 0) is 49.4 Å². The molecular formula is C22H15F3N2O3S. The van der Waals surface area contributed by atoms with Crippen molar-refractivity contribution in [3.63, 3.8) is 0 Å². The second kappa shape index (κ2) is 8.65. The number of aromatic nitrogens is 1. The number of nitrogens with one attached hydrogen (secondary N) is 1. The minimum atomic E-state index is -1.29. The Morgan fingerprint density at radius 1 is 1.03 bits per heavy atom. The summed E-state index contributed by atoms with van der Waals surface area (Å²) in [5.41, 5.74) is 0.636. The zero-order valence-corrected chi connectivity index (χ0v) is 16.9. The highest BCUT2D eigenvalue weighted by molar-refractivity contribution is 7.20. The summed E-state index contributed by atoms with van der Waals surface area (Å²) in [4.78, 5) is 16.2. The molecule has 1 atom stereocenters. The normalized spacial score (nSPS) is 11.9. The van der Waals surface area contributed by atoms with E-state index >= 15 is 0 Å². The third-order valence-electron chi connectivity index (χ3n) is 4.34. The quantitative estimate of drug-likeness (QED) is 0.359. The van der Waals surface area contributed by atoms with Crippen LogP contribution in [-0.4, -0.2) is 11.1 Å². The largest absolute Gasteiger partial charge is 0.486 e. The Morgan fingerprint density at radius 3 is 2.55 bits per heavy atom. The van der Waals surface area contributed by atoms with Crippen LogP contribution < -0.4 is 14.8 Å². The van der Waals surface area contributed by atoms with Crippen LogP contribution in [0.5, 0.6) is 10.9 Å². The van der Waals surface area contributed by atoms with Gasteiger partial charge in [0.2, 0.25) is 0 Å². The molecule has 4 aromatic rings. The highest BCUT2D eigenvalue weighted by Gasteiger charge is 2.21. The number of nitrogens with zero attached hydrogens (tertiary/aromatic N) is 1. The lowest BCUT2D eigenvalue weighted by Gasteiger charge is -2.16. The molecular weight excluding hydrogens is 429 g/mol. The van der Waals surface area contributed by atoms with E-state index in [-0.39, 0.29) is 5.19 Å². The van der Waals surface area contributed by atoms with E-state index in [1.165, 1.54) is 6.92 Å². The number of carbonyl (C=O) groups is 1. The van der Waals surface area contributed by atoms with Gasteiger partial charge in [-0.15, -0.1) is 0 Å². The van der Waals surface area contributed by atoms with Gasteiger partial charge in [0.25, 0.3) is 5.19 Å². The predicted octanol–water partition coefficient (Wildman–Crippen LogP) is 6.46. The van der Waals surface area contributed by atoms with Gasteiger partial charge >= 0.3 is 6.09 Å². The van der Waals surface area contributed by atoms with Crippen LogP contribution in [0, 0.1) is 17.5 Å². The van der Waals surface area contributed by atoms with Crippen molar-refractivity contribution in [3.05, 3.63) is 83.7 Å². The molecule has 0 aliphatic heterocycles. The molecule has 158 valence electrons. The van der Waals surface area contributed by atoms with E-state index in [4.69, 9.17) is 9.47 Å². The Balaban J connectivity index is 1.49. The van der Waals surface area contributed by atoms with Crippen LogP contribution in [-0.2, 0) is 0 Å². The number of halogens is 3. The number of hydrogen-bond acceptors (Lipinski definition) is 5. The fourth-order valence-electron chi connectivity index (χ4n) is 2.92. The van der Waals surface area contributed by atoms with Crippen LogP contribution in [0.4, 0.5) is 23.7 Å². The summed E-state index contributed by atoms with van der Waals surface area (Å²) in [6.07, 6.45) is -1.76. The molecule has 9 heteroatoms. The number of benzene rings is 3. The SMILES string of the molecule is CC(Oc1ccc2nc(OC(=O)Nc3ccccc3)sc2c1)c1c(F)ccc(F)c1F. The Hall–Kier alpha value is -3.59. The average molecular weight is 444 g/mol. The summed E-state index contributed by atoms with van der Waals surface area (Å²) in [5, 5.41) is 2.71. The fourth-order valence-corrected chi connectivity index (χ4v) is 3.77. The first-order chi connectivity index (χ1) is 14.9. The maximum atomic E-state index is 14.0. The Morgan fingerprint density at radius 2 is 1.77 bits per heavy atom. The van der Waals surface area contributed by atoms with Crippen molar-refractivity contribution in [3.8, 4) is 10.9 Å². The van der Waals surface area contributed by atoms with Crippen molar-refractivity contribution >= 4 is 33.3 Å². The van der Waals surface area contributed by atoms with Crippen molar-refractivity contribution in [2.24, 2.45) is 0 Å². The summed E-state index contributed by atoms with van der Waals surface area (Å²) in [5.74, 6) is -3.04. The van der Waals surface area contributed by atoms with Crippen molar-refractivity contribution in [2.45, 2.75) is 13.0 Å². The number of fused-ring (bicyclic) bond motifs is 1. The number of rotatable bonds is 5. The maximum Gasteiger partial charge on any atom is 0.419 e. The monoisotopic (exact) mass is 444 g/mol. The predicted molar refractivity (Wildman–Crippen MR) is 111 cm³/mol. The van der Waals surface area contributed by atoms with E-state index in [0.29, 0.717) is 21.7 Å². The summed E-state index contributed by atoms with van der Waals surface area (Å²) in [6, 6.07) is 15.2. The first-order valence-corrected chi connectivity index (χ1v) is 9.97. The lowest BCUT2D eigenvalue weighted by molar-refractivity contribution is 0.213. The molecule has 1 unspecified atom stereocenters. The van der Waals surface area contributed by atoms with Crippen LogP contribution in [0.2, 0.25) is 0 Å². The van der Waals surface area contributed by atoms with Gasteiger partial charge < -0.3 is 9.47 Å². The lowest BCUT2D eigenvalue weighted by atomic mass is 10.1. The Kier molecular flexibility index (Phi) is 5.77. The van der Waals surface area contributed by atoms with E-state index in [2.05, 4.69) is 10.3 Å². The van der Waals surface area contributed by atoms with Crippen LogP contribution in [0.25, 0.3) is 10.2 Å². The third-order valence-corrected chi connectivity index (χ3v) is 5.24. The minimum Gasteiger partial charge on any atom is -0.486 e. The average Bonchev–Trinajstić information content (AvgIpc) is 3.13.